The first-order valence-corrected chi connectivity index (χ1v) is 8.96. The van der Waals surface area contributed by atoms with Crippen molar-refractivity contribution in [2.24, 2.45) is 0 Å². The molecule has 1 N–H and O–H groups in total. The number of ether oxygens (including phenoxy) is 1. The number of carbonyl (C=O) groups is 1. The Morgan fingerprint density at radius 3 is 2.40 bits per heavy atom. The number of piperazine rings is 1. The van der Waals surface area contributed by atoms with Crippen LogP contribution in [0.1, 0.15) is 10.4 Å². The molecule has 1 heterocycles. The fourth-order valence-electron chi connectivity index (χ4n) is 3.15. The van der Waals surface area contributed by atoms with E-state index in [2.05, 4.69) is 4.74 Å². The number of phenols is 1. The van der Waals surface area contributed by atoms with Gasteiger partial charge >= 0.3 is 6.18 Å². The number of hydrogen-bond donors (Lipinski definition) is 1. The predicted octanol–water partition coefficient (Wildman–Crippen LogP) is 3.20. The Labute approximate surface area is 169 Å². The summed E-state index contributed by atoms with van der Waals surface area (Å²) in [5, 5.41) is 21.3. The maximum absolute atomic E-state index is 12.9. The van der Waals surface area contributed by atoms with Crippen molar-refractivity contribution in [1.82, 2.24) is 4.90 Å². The zero-order valence-electron chi connectivity index (χ0n) is 15.6. The summed E-state index contributed by atoms with van der Waals surface area (Å²) in [6.07, 6.45) is -4.58. The Kier molecular flexibility index (Phi) is 5.99. The fraction of sp³-hybridized carbons (Fsp3) is 0.316. The number of benzene rings is 2. The lowest BCUT2D eigenvalue weighted by Crippen LogP contribution is -2.48. The molecule has 0 aliphatic carbocycles. The molecule has 0 spiro atoms. The molecule has 0 radical (unpaired) electrons. The van der Waals surface area contributed by atoms with E-state index < -0.39 is 29.3 Å². The Balaban J connectivity index is 1.75. The molecule has 0 atom stereocenters. The summed E-state index contributed by atoms with van der Waals surface area (Å²) in [7, 11) is 0. The highest BCUT2D eigenvalue weighted by atomic mass is 19.4. The maximum atomic E-state index is 12.9. The van der Waals surface area contributed by atoms with Crippen molar-refractivity contribution in [3.8, 4) is 11.5 Å². The molecule has 2 aromatic carbocycles. The van der Waals surface area contributed by atoms with Crippen molar-refractivity contribution in [1.29, 1.82) is 0 Å². The predicted molar refractivity (Wildman–Crippen MR) is 101 cm³/mol. The number of halogens is 3. The van der Waals surface area contributed by atoms with E-state index >= 15 is 0 Å². The van der Waals surface area contributed by atoms with E-state index in [0.29, 0.717) is 18.8 Å². The third kappa shape index (κ3) is 4.91. The molecular weight excluding hydrogens is 407 g/mol. The molecule has 8 nitrogen and oxygen atoms in total. The van der Waals surface area contributed by atoms with Crippen molar-refractivity contribution in [3.05, 3.63) is 58.1 Å². The van der Waals surface area contributed by atoms with Crippen molar-refractivity contribution in [2.45, 2.75) is 6.18 Å². The zero-order chi connectivity index (χ0) is 21.9. The minimum absolute atomic E-state index is 0.0995. The highest BCUT2D eigenvalue weighted by molar-refractivity contribution is 5.98. The van der Waals surface area contributed by atoms with E-state index in [9.17, 15) is 33.2 Å². The van der Waals surface area contributed by atoms with Crippen LogP contribution in [0, 0.1) is 10.1 Å². The minimum Gasteiger partial charge on any atom is -0.506 e. The van der Waals surface area contributed by atoms with E-state index in [4.69, 9.17) is 0 Å². The second-order valence-corrected chi connectivity index (χ2v) is 6.61. The molecule has 1 aliphatic rings. The molecule has 2 aromatic rings. The van der Waals surface area contributed by atoms with Crippen LogP contribution in [0.25, 0.3) is 0 Å². The number of para-hydroxylation sites is 2. The first-order valence-electron chi connectivity index (χ1n) is 8.96. The fourth-order valence-corrected chi connectivity index (χ4v) is 3.15. The second kappa shape index (κ2) is 8.47. The molecule has 1 amide bonds. The molecule has 0 bridgehead atoms. The first kappa shape index (κ1) is 21.2. The van der Waals surface area contributed by atoms with Gasteiger partial charge in [0, 0.05) is 32.2 Å². The monoisotopic (exact) mass is 425 g/mol. The normalized spacial score (nSPS) is 14.5. The zero-order valence-corrected chi connectivity index (χ0v) is 15.6. The summed E-state index contributed by atoms with van der Waals surface area (Å²) in [6.45, 7) is -0.379. The van der Waals surface area contributed by atoms with Gasteiger partial charge in [0.2, 0.25) is 0 Å². The van der Waals surface area contributed by atoms with Gasteiger partial charge < -0.3 is 19.6 Å². The summed E-state index contributed by atoms with van der Waals surface area (Å²) >= 11 is 0. The van der Waals surface area contributed by atoms with E-state index in [1.807, 2.05) is 4.90 Å². The third-order valence-corrected chi connectivity index (χ3v) is 4.59. The van der Waals surface area contributed by atoms with Gasteiger partial charge in [-0.15, -0.1) is 0 Å². The lowest BCUT2D eigenvalue weighted by atomic mass is 10.1. The summed E-state index contributed by atoms with van der Waals surface area (Å²) in [6, 6.07) is 9.67. The van der Waals surface area contributed by atoms with Gasteiger partial charge in [-0.3, -0.25) is 14.9 Å². The summed E-state index contributed by atoms with van der Waals surface area (Å²) in [5.74, 6) is -0.854. The van der Waals surface area contributed by atoms with Gasteiger partial charge in [0.15, 0.2) is 6.61 Å². The Bertz CT molecular complexity index is 943. The number of carbonyl (C=O) groups excluding carboxylic acids is 1. The number of amides is 1. The molecule has 1 fully saturated rings. The molecule has 30 heavy (non-hydrogen) atoms. The smallest absolute Gasteiger partial charge is 0.422 e. The van der Waals surface area contributed by atoms with Crippen molar-refractivity contribution < 1.29 is 32.7 Å². The van der Waals surface area contributed by atoms with Gasteiger partial charge in [0.25, 0.3) is 11.6 Å². The van der Waals surface area contributed by atoms with Crippen LogP contribution in [0.2, 0.25) is 0 Å². The Morgan fingerprint density at radius 2 is 1.80 bits per heavy atom. The van der Waals surface area contributed by atoms with Crippen LogP contribution in [0.15, 0.2) is 42.5 Å². The van der Waals surface area contributed by atoms with E-state index in [0.717, 1.165) is 18.2 Å². The van der Waals surface area contributed by atoms with Gasteiger partial charge in [-0.25, -0.2) is 0 Å². The molecule has 3 rings (SSSR count). The molecular formula is C19H18F3N3O5. The van der Waals surface area contributed by atoms with Gasteiger partial charge in [0.1, 0.15) is 17.1 Å². The van der Waals surface area contributed by atoms with E-state index in [-0.39, 0.29) is 30.2 Å². The maximum Gasteiger partial charge on any atom is 0.422 e. The molecule has 0 aromatic heterocycles. The standard InChI is InChI=1S/C19H18F3N3O5/c20-19(21,22)12-30-13-5-6-15(25(28)29)14(11-13)18(27)24-9-7-23(8-10-24)16-3-1-2-4-17(16)26/h1-6,11,26H,7-10,12H2. The van der Waals surface area contributed by atoms with Gasteiger partial charge in [0.05, 0.1) is 10.6 Å². The van der Waals surface area contributed by atoms with Gasteiger partial charge in [-0.05, 0) is 24.3 Å². The highest BCUT2D eigenvalue weighted by Crippen LogP contribution is 2.29. The Morgan fingerprint density at radius 1 is 1.13 bits per heavy atom. The Hall–Kier alpha value is -3.50. The largest absolute Gasteiger partial charge is 0.506 e. The lowest BCUT2D eigenvalue weighted by Gasteiger charge is -2.36. The lowest BCUT2D eigenvalue weighted by molar-refractivity contribution is -0.385. The number of nitro benzene ring substituents is 1. The summed E-state index contributed by atoms with van der Waals surface area (Å²) in [5.41, 5.74) is -0.240. The number of rotatable bonds is 5. The number of hydrogen-bond acceptors (Lipinski definition) is 6. The van der Waals surface area contributed by atoms with Crippen LogP contribution in [0.4, 0.5) is 24.5 Å². The highest BCUT2D eigenvalue weighted by Gasteiger charge is 2.31. The second-order valence-electron chi connectivity index (χ2n) is 6.61. The molecule has 1 aliphatic heterocycles. The van der Waals surface area contributed by atoms with Crippen LogP contribution >= 0.6 is 0 Å². The number of nitro groups is 1. The number of anilines is 1. The topological polar surface area (TPSA) is 96.1 Å². The average molecular weight is 425 g/mol. The van der Waals surface area contributed by atoms with Crippen molar-refractivity contribution in [2.75, 3.05) is 37.7 Å². The summed E-state index contributed by atoms with van der Waals surface area (Å²) in [4.78, 5) is 26.6. The van der Waals surface area contributed by atoms with Crippen LogP contribution < -0.4 is 9.64 Å². The van der Waals surface area contributed by atoms with E-state index in [1.165, 1.54) is 4.90 Å². The number of aromatic hydroxyl groups is 1. The third-order valence-electron chi connectivity index (χ3n) is 4.59. The number of nitrogens with zero attached hydrogens (tertiary/aromatic N) is 3. The molecule has 0 saturated carbocycles. The molecule has 0 unspecified atom stereocenters. The van der Waals surface area contributed by atoms with Crippen molar-refractivity contribution >= 4 is 17.3 Å². The number of phenolic OH excluding ortho intramolecular Hbond substituents is 1. The van der Waals surface area contributed by atoms with E-state index in [1.54, 1.807) is 24.3 Å². The first-order chi connectivity index (χ1) is 14.2. The van der Waals surface area contributed by atoms with Crippen LogP contribution in [-0.4, -0.2) is 59.8 Å². The quantitative estimate of drug-likeness (QED) is 0.584. The summed E-state index contributed by atoms with van der Waals surface area (Å²) < 4.78 is 41.7. The minimum atomic E-state index is -4.58. The van der Waals surface area contributed by atoms with Crippen LogP contribution in [-0.2, 0) is 0 Å². The van der Waals surface area contributed by atoms with Gasteiger partial charge in [-0.1, -0.05) is 12.1 Å². The number of alkyl halides is 3. The van der Waals surface area contributed by atoms with Gasteiger partial charge in [-0.2, -0.15) is 13.2 Å². The molecule has 160 valence electrons. The molecule has 11 heteroatoms. The SMILES string of the molecule is O=C(c1cc(OCC(F)(F)F)ccc1[N+](=O)[O-])N1CCN(c2ccccc2O)CC1. The van der Waals surface area contributed by atoms with Crippen LogP contribution in [0.5, 0.6) is 11.5 Å². The average Bonchev–Trinajstić information content (AvgIpc) is 2.71. The van der Waals surface area contributed by atoms with Crippen molar-refractivity contribution in [3.63, 3.8) is 0 Å². The van der Waals surface area contributed by atoms with Crippen LogP contribution in [0.3, 0.4) is 0 Å². The molecule has 1 saturated heterocycles.